The van der Waals surface area contributed by atoms with Crippen molar-refractivity contribution in [2.45, 2.75) is 19.9 Å². The molecule has 0 aromatic carbocycles. The number of anilines is 1. The summed E-state index contributed by atoms with van der Waals surface area (Å²) in [5, 5.41) is 0. The molecule has 0 saturated heterocycles. The van der Waals surface area contributed by atoms with Crippen molar-refractivity contribution < 1.29 is 21.5 Å². The summed E-state index contributed by atoms with van der Waals surface area (Å²) in [6, 6.07) is 3.82. The molecule has 0 unspecified atom stereocenters. The molecule has 0 radical (unpaired) electrons. The van der Waals surface area contributed by atoms with E-state index < -0.39 is 0 Å². The molecule has 11 heavy (non-hydrogen) atoms. The summed E-state index contributed by atoms with van der Waals surface area (Å²) < 4.78 is 2.12. The minimum atomic E-state index is 0. The monoisotopic (exact) mass is 216 g/mol. The summed E-state index contributed by atoms with van der Waals surface area (Å²) in [7, 11) is 0. The first-order chi connectivity index (χ1) is 4.83. The Labute approximate surface area is 77.8 Å². The van der Waals surface area contributed by atoms with E-state index in [-0.39, 0.29) is 17.0 Å². The number of pyridine rings is 1. The van der Waals surface area contributed by atoms with E-state index in [1.54, 1.807) is 0 Å². The summed E-state index contributed by atoms with van der Waals surface area (Å²) in [6.07, 6.45) is 5.16. The van der Waals surface area contributed by atoms with Crippen LogP contribution in [0.5, 0.6) is 0 Å². The van der Waals surface area contributed by atoms with Crippen LogP contribution in [-0.2, 0) is 6.54 Å². The zero-order valence-electron chi connectivity index (χ0n) is 6.63. The molecule has 1 rings (SSSR count). The third-order valence-corrected chi connectivity index (χ3v) is 1.40. The van der Waals surface area contributed by atoms with Crippen molar-refractivity contribution in [2.75, 3.05) is 5.73 Å². The number of rotatable bonds is 2. The standard InChI is InChI=1S/C8H12N2.BrH/c1-2-5-10-6-3-8(9)4-7-10;/h3-4,6-7,9H,2,5H2,1H3;1H. The van der Waals surface area contributed by atoms with Crippen molar-refractivity contribution in [3.05, 3.63) is 24.5 Å². The van der Waals surface area contributed by atoms with E-state index in [0.29, 0.717) is 0 Å². The van der Waals surface area contributed by atoms with Crippen LogP contribution in [0.15, 0.2) is 24.5 Å². The Kier molecular flexibility index (Phi) is 4.86. The SMILES string of the molecule is CCC[n+]1ccc(N)cc1.[Br-]. The van der Waals surface area contributed by atoms with Crippen LogP contribution < -0.4 is 27.3 Å². The summed E-state index contributed by atoms with van der Waals surface area (Å²) in [5.74, 6) is 0. The third kappa shape index (κ3) is 3.37. The van der Waals surface area contributed by atoms with E-state index in [4.69, 9.17) is 5.73 Å². The lowest BCUT2D eigenvalue weighted by atomic mass is 10.4. The van der Waals surface area contributed by atoms with E-state index in [2.05, 4.69) is 11.5 Å². The fourth-order valence-electron chi connectivity index (χ4n) is 0.876. The molecule has 0 amide bonds. The van der Waals surface area contributed by atoms with Crippen molar-refractivity contribution >= 4 is 5.69 Å². The van der Waals surface area contributed by atoms with Crippen molar-refractivity contribution in [1.82, 2.24) is 0 Å². The lowest BCUT2D eigenvalue weighted by Crippen LogP contribution is -3.00. The third-order valence-electron chi connectivity index (χ3n) is 1.40. The first-order valence-corrected chi connectivity index (χ1v) is 3.57. The molecule has 0 fully saturated rings. The predicted octanol–water partition coefficient (Wildman–Crippen LogP) is -2.03. The lowest BCUT2D eigenvalue weighted by Gasteiger charge is -1.92. The van der Waals surface area contributed by atoms with E-state index >= 15 is 0 Å². The highest BCUT2D eigenvalue weighted by atomic mass is 79.9. The Morgan fingerprint density at radius 1 is 1.36 bits per heavy atom. The fourth-order valence-corrected chi connectivity index (χ4v) is 0.876. The maximum Gasteiger partial charge on any atom is 0.170 e. The van der Waals surface area contributed by atoms with Crippen molar-refractivity contribution in [3.63, 3.8) is 0 Å². The van der Waals surface area contributed by atoms with Crippen molar-refractivity contribution in [2.24, 2.45) is 0 Å². The number of aromatic nitrogens is 1. The smallest absolute Gasteiger partial charge is 0.170 e. The highest BCUT2D eigenvalue weighted by Crippen LogP contribution is 1.93. The van der Waals surface area contributed by atoms with Crippen LogP contribution in [0.4, 0.5) is 5.69 Å². The van der Waals surface area contributed by atoms with Gasteiger partial charge in [-0.15, -0.1) is 0 Å². The van der Waals surface area contributed by atoms with E-state index in [1.807, 2.05) is 24.5 Å². The Balaban J connectivity index is 0.000001000. The second-order valence-electron chi connectivity index (χ2n) is 2.37. The van der Waals surface area contributed by atoms with Crippen LogP contribution >= 0.6 is 0 Å². The quantitative estimate of drug-likeness (QED) is 0.569. The molecule has 0 aliphatic heterocycles. The highest BCUT2D eigenvalue weighted by Gasteiger charge is 1.94. The van der Waals surface area contributed by atoms with Gasteiger partial charge in [-0.3, -0.25) is 0 Å². The molecule has 1 aromatic heterocycles. The summed E-state index contributed by atoms with van der Waals surface area (Å²) in [6.45, 7) is 3.23. The van der Waals surface area contributed by atoms with Crippen LogP contribution in [0.3, 0.4) is 0 Å². The van der Waals surface area contributed by atoms with Crippen LogP contribution in [0.1, 0.15) is 13.3 Å². The molecule has 1 aromatic rings. The molecular formula is C8H13BrN2. The van der Waals surface area contributed by atoms with Gasteiger partial charge in [0.2, 0.25) is 0 Å². The van der Waals surface area contributed by atoms with E-state index in [0.717, 1.165) is 18.7 Å². The summed E-state index contributed by atoms with van der Waals surface area (Å²) in [5.41, 5.74) is 6.34. The van der Waals surface area contributed by atoms with Gasteiger partial charge < -0.3 is 22.7 Å². The van der Waals surface area contributed by atoms with Gasteiger partial charge in [-0.2, -0.15) is 0 Å². The zero-order chi connectivity index (χ0) is 7.40. The molecule has 0 saturated carbocycles. The molecule has 0 bridgehead atoms. The number of nitrogens with two attached hydrogens (primary N) is 1. The van der Waals surface area contributed by atoms with Gasteiger partial charge in [0.05, 0.1) is 0 Å². The second kappa shape index (κ2) is 5.13. The van der Waals surface area contributed by atoms with E-state index in [9.17, 15) is 0 Å². The number of nitrogen functional groups attached to an aromatic ring is 1. The van der Waals surface area contributed by atoms with Gasteiger partial charge in [-0.1, -0.05) is 6.92 Å². The predicted molar refractivity (Wildman–Crippen MR) is 41.3 cm³/mol. The van der Waals surface area contributed by atoms with Crippen LogP contribution in [0.2, 0.25) is 0 Å². The Hall–Kier alpha value is -0.570. The highest BCUT2D eigenvalue weighted by molar-refractivity contribution is 5.32. The summed E-state index contributed by atoms with van der Waals surface area (Å²) >= 11 is 0. The lowest BCUT2D eigenvalue weighted by molar-refractivity contribution is -0.696. The topological polar surface area (TPSA) is 29.9 Å². The van der Waals surface area contributed by atoms with Crippen LogP contribution in [0, 0.1) is 0 Å². The Morgan fingerprint density at radius 3 is 2.36 bits per heavy atom. The number of hydrogen-bond donors (Lipinski definition) is 1. The molecule has 0 aliphatic rings. The van der Waals surface area contributed by atoms with Crippen LogP contribution in [0.25, 0.3) is 0 Å². The molecule has 62 valence electrons. The number of halogens is 1. The second-order valence-corrected chi connectivity index (χ2v) is 2.37. The maximum atomic E-state index is 5.51. The normalized spacial score (nSPS) is 8.82. The zero-order valence-corrected chi connectivity index (χ0v) is 8.21. The van der Waals surface area contributed by atoms with Crippen molar-refractivity contribution in [3.8, 4) is 0 Å². The minimum Gasteiger partial charge on any atom is -1.00 e. The fraction of sp³-hybridized carbons (Fsp3) is 0.375. The molecular weight excluding hydrogens is 204 g/mol. The Morgan fingerprint density at radius 2 is 1.91 bits per heavy atom. The minimum absolute atomic E-state index is 0. The average Bonchev–Trinajstić information content (AvgIpc) is 1.95. The maximum absolute atomic E-state index is 5.51. The van der Waals surface area contributed by atoms with Crippen LogP contribution in [-0.4, -0.2) is 0 Å². The van der Waals surface area contributed by atoms with Gasteiger partial charge in [0.25, 0.3) is 0 Å². The number of nitrogens with zero attached hydrogens (tertiary/aromatic N) is 1. The molecule has 2 nitrogen and oxygen atoms in total. The van der Waals surface area contributed by atoms with Gasteiger partial charge in [0.15, 0.2) is 12.4 Å². The largest absolute Gasteiger partial charge is 1.00 e. The molecule has 0 atom stereocenters. The molecule has 1 heterocycles. The van der Waals surface area contributed by atoms with Gasteiger partial charge in [0.1, 0.15) is 6.54 Å². The number of hydrogen-bond acceptors (Lipinski definition) is 1. The van der Waals surface area contributed by atoms with Crippen molar-refractivity contribution in [1.29, 1.82) is 0 Å². The molecule has 2 N–H and O–H groups in total. The van der Waals surface area contributed by atoms with Gasteiger partial charge in [-0.25, -0.2) is 4.57 Å². The first-order valence-electron chi connectivity index (χ1n) is 3.57. The molecule has 0 spiro atoms. The van der Waals surface area contributed by atoms with E-state index in [1.165, 1.54) is 0 Å². The Bertz CT molecular complexity index is 196. The molecule has 3 heteroatoms. The van der Waals surface area contributed by atoms with Gasteiger partial charge >= 0.3 is 0 Å². The average molecular weight is 217 g/mol. The van der Waals surface area contributed by atoms with Gasteiger partial charge in [0, 0.05) is 24.2 Å². The number of aryl methyl sites for hydroxylation is 1. The first kappa shape index (κ1) is 10.4. The summed E-state index contributed by atoms with van der Waals surface area (Å²) in [4.78, 5) is 0. The molecule has 0 aliphatic carbocycles. The van der Waals surface area contributed by atoms with Gasteiger partial charge in [-0.05, 0) is 0 Å².